The average molecular weight is 1320 g/mol. The third-order valence-electron chi connectivity index (χ3n) is 14.7. The van der Waals surface area contributed by atoms with Gasteiger partial charge in [0.2, 0.25) is 11.8 Å². The number of benzene rings is 4. The molecule has 470 valence electrons. The lowest BCUT2D eigenvalue weighted by Gasteiger charge is -2.32. The molecule has 0 unspecified atom stereocenters. The molecular weight excluding hydrogens is 1250 g/mol. The van der Waals surface area contributed by atoms with Crippen LogP contribution in [-0.2, 0) is 14.3 Å². The van der Waals surface area contributed by atoms with E-state index in [0.717, 1.165) is 76.2 Å². The van der Waals surface area contributed by atoms with Crippen molar-refractivity contribution in [3.05, 3.63) is 129 Å². The van der Waals surface area contributed by atoms with E-state index in [1.165, 1.54) is 0 Å². The molecule has 0 aliphatic carbocycles. The lowest BCUT2D eigenvalue weighted by molar-refractivity contribution is -0.123. The van der Waals surface area contributed by atoms with Gasteiger partial charge in [0.25, 0.3) is 0 Å². The van der Waals surface area contributed by atoms with Crippen molar-refractivity contribution < 1.29 is 37.5 Å². The summed E-state index contributed by atoms with van der Waals surface area (Å²) in [6.07, 6.45) is 3.96. The number of carbonyl (C=O) groups excluding carboxylic acids is 4. The summed E-state index contributed by atoms with van der Waals surface area (Å²) in [4.78, 5) is 52.6. The van der Waals surface area contributed by atoms with Gasteiger partial charge < -0.3 is 38.7 Å². The highest BCUT2D eigenvalue weighted by atomic mass is 35.5. The summed E-state index contributed by atoms with van der Waals surface area (Å²) in [6, 6.07) is 30.3. The first kappa shape index (κ1) is 65.6. The second-order valence-electron chi connectivity index (χ2n) is 23.2. The van der Waals surface area contributed by atoms with Crippen LogP contribution in [0.15, 0.2) is 106 Å². The van der Waals surface area contributed by atoms with Gasteiger partial charge in [0.15, 0.2) is 21.2 Å². The van der Waals surface area contributed by atoms with Gasteiger partial charge in [-0.1, -0.05) is 105 Å². The molecule has 4 aromatic carbocycles. The maximum Gasteiger partial charge on any atom is 0.410 e. The summed E-state index contributed by atoms with van der Waals surface area (Å²) in [5, 5.41) is 46.9. The van der Waals surface area contributed by atoms with Crippen molar-refractivity contribution in [3.8, 4) is 12.0 Å². The van der Waals surface area contributed by atoms with Crippen LogP contribution < -0.4 is 10.6 Å². The summed E-state index contributed by atoms with van der Waals surface area (Å²) in [5.74, 6) is 1.38. The first-order valence-electron chi connectivity index (χ1n) is 28.8. The molecule has 89 heavy (non-hydrogen) atoms. The standard InChI is InChI=1S/C20H25ClN4O4.C19H22ClN5O3.C14H14ClN5O.C7H5ClN2.ClH/c1-20(2,3)29-19(28)24-10-8-13(9-11-24)16(26)12-22-18(27)25-15-7-5-4-6-14(15)17(21)23-25;1-19(2,3)28-18(26)24-10-8-12(9-11-24)16-21-22-17(27-16)25-14-7-5-4-6-13(14)15(20)23-25;15-12-10-3-1-2-4-11(10)20(19-12)14-18-17-13(21-14)9-5-7-16-8-6-9;8-7-5-3-1-2-4-6(5)9-10-7;/h4-7,13H,8-12H2,1-3H3,(H,22,27);4-7,12H,8-11H2,1-3H3;1-4,9,16H,5-8H2;1-4H,(H,9,10);1H. The van der Waals surface area contributed by atoms with Crippen molar-refractivity contribution in [3.63, 3.8) is 0 Å². The number of rotatable bonds is 7. The van der Waals surface area contributed by atoms with Crippen LogP contribution in [0.4, 0.5) is 14.4 Å². The Hall–Kier alpha value is -7.87. The number of Topliss-reactive ketones (excluding diaryl/α,β-unsaturated/α-hetero) is 1. The van der Waals surface area contributed by atoms with E-state index >= 15 is 0 Å². The fourth-order valence-electron chi connectivity index (χ4n) is 10.2. The molecule has 0 spiro atoms. The zero-order chi connectivity index (χ0) is 62.3. The Morgan fingerprint density at radius 1 is 0.562 bits per heavy atom. The van der Waals surface area contributed by atoms with Crippen LogP contribution in [0.5, 0.6) is 0 Å². The third kappa shape index (κ3) is 16.1. The molecular formula is C60H67Cl5N16O8. The number of para-hydroxylation sites is 4. The van der Waals surface area contributed by atoms with E-state index in [9.17, 15) is 19.2 Å². The predicted molar refractivity (Wildman–Crippen MR) is 340 cm³/mol. The molecule has 6 aromatic heterocycles. The van der Waals surface area contributed by atoms with Gasteiger partial charge in [-0.2, -0.15) is 34.4 Å². The van der Waals surface area contributed by atoms with Gasteiger partial charge in [0.1, 0.15) is 16.4 Å². The second kappa shape index (κ2) is 28.7. The van der Waals surface area contributed by atoms with E-state index in [1.54, 1.807) is 37.4 Å². The number of carbonyl (C=O) groups is 4. The first-order valence-corrected chi connectivity index (χ1v) is 30.3. The van der Waals surface area contributed by atoms with Crippen molar-refractivity contribution in [1.29, 1.82) is 0 Å². The number of aromatic amines is 1. The molecule has 3 aliphatic rings. The van der Waals surface area contributed by atoms with E-state index in [0.29, 0.717) is 89.1 Å². The Morgan fingerprint density at radius 2 is 0.989 bits per heavy atom. The topological polar surface area (TPSA) is 277 Å². The molecule has 13 rings (SSSR count). The van der Waals surface area contributed by atoms with Gasteiger partial charge in [0.05, 0.1) is 28.6 Å². The van der Waals surface area contributed by atoms with Crippen molar-refractivity contribution >= 4 is 126 Å². The number of aromatic nitrogens is 12. The van der Waals surface area contributed by atoms with Crippen LogP contribution in [0.2, 0.25) is 20.6 Å². The lowest BCUT2D eigenvalue weighted by Crippen LogP contribution is -2.44. The molecule has 3 saturated heterocycles. The minimum absolute atomic E-state index is 0. The fourth-order valence-corrected chi connectivity index (χ4v) is 11.1. The summed E-state index contributed by atoms with van der Waals surface area (Å²) >= 11 is 24.2. The highest BCUT2D eigenvalue weighted by Gasteiger charge is 2.32. The van der Waals surface area contributed by atoms with E-state index in [2.05, 4.69) is 56.5 Å². The van der Waals surface area contributed by atoms with Gasteiger partial charge in [0, 0.05) is 65.5 Å². The first-order chi connectivity index (χ1) is 42.2. The van der Waals surface area contributed by atoms with Crippen LogP contribution in [-0.4, -0.2) is 151 Å². The number of hydrogen-bond donors (Lipinski definition) is 3. The SMILES string of the molecule is CC(C)(C)OC(=O)N1CCC(C(=O)CNC(=O)n2nc(Cl)c3ccccc32)CC1.CC(C)(C)OC(=O)N1CCC(c2nnc(-n3nc(Cl)c4ccccc43)o2)CC1.Cl.Clc1[nH]nc2ccccc12.Clc1nn(-c2nnc(C3CCNCC3)o2)c2ccccc12. The van der Waals surface area contributed by atoms with Gasteiger partial charge in [-0.05, 0) is 142 Å². The molecule has 24 nitrogen and oxygen atoms in total. The van der Waals surface area contributed by atoms with Crippen LogP contribution in [0.1, 0.15) is 104 Å². The Morgan fingerprint density at radius 3 is 1.48 bits per heavy atom. The van der Waals surface area contributed by atoms with Crippen molar-refractivity contribution in [2.75, 3.05) is 45.8 Å². The highest BCUT2D eigenvalue weighted by Crippen LogP contribution is 2.32. The summed E-state index contributed by atoms with van der Waals surface area (Å²) < 4.78 is 26.8. The normalized spacial score (nSPS) is 15.1. The minimum Gasteiger partial charge on any atom is -0.444 e. The number of amides is 3. The number of ketones is 1. The van der Waals surface area contributed by atoms with E-state index in [4.69, 9.17) is 64.7 Å². The summed E-state index contributed by atoms with van der Waals surface area (Å²) in [5.41, 5.74) is 2.11. The lowest BCUT2D eigenvalue weighted by atomic mass is 9.92. The maximum atomic E-state index is 12.5. The molecule has 9 heterocycles. The quantitative estimate of drug-likeness (QED) is 0.134. The number of halogens is 5. The zero-order valence-electron chi connectivity index (χ0n) is 49.7. The number of nitrogens with one attached hydrogen (secondary N) is 3. The Bertz CT molecular complexity index is 4070. The molecule has 3 aliphatic heterocycles. The number of likely N-dealkylation sites (tertiary alicyclic amines) is 2. The molecule has 0 radical (unpaired) electrons. The maximum absolute atomic E-state index is 12.5. The van der Waals surface area contributed by atoms with Gasteiger partial charge >= 0.3 is 30.2 Å². The zero-order valence-corrected chi connectivity index (χ0v) is 53.5. The monoisotopic (exact) mass is 1310 g/mol. The molecule has 29 heteroatoms. The summed E-state index contributed by atoms with van der Waals surface area (Å²) in [6.45, 7) is 15.0. The number of ether oxygens (including phenoxy) is 2. The second-order valence-corrected chi connectivity index (χ2v) is 24.6. The Balaban J connectivity index is 0.000000147. The van der Waals surface area contributed by atoms with E-state index < -0.39 is 17.2 Å². The van der Waals surface area contributed by atoms with Gasteiger partial charge in [-0.15, -0.1) is 22.6 Å². The third-order valence-corrected chi connectivity index (χ3v) is 15.8. The molecule has 0 saturated carbocycles. The Labute approximate surface area is 537 Å². The van der Waals surface area contributed by atoms with Gasteiger partial charge in [-0.3, -0.25) is 9.89 Å². The molecule has 0 atom stereocenters. The van der Waals surface area contributed by atoms with Crippen LogP contribution in [0.25, 0.3) is 55.6 Å². The van der Waals surface area contributed by atoms with Crippen molar-refractivity contribution in [1.82, 2.24) is 80.4 Å². The Kier molecular flexibility index (Phi) is 21.2. The summed E-state index contributed by atoms with van der Waals surface area (Å²) in [7, 11) is 0. The number of fused-ring (bicyclic) bond motifs is 4. The number of hydrogen-bond acceptors (Lipinski definition) is 17. The van der Waals surface area contributed by atoms with Crippen molar-refractivity contribution in [2.45, 2.75) is 103 Å². The van der Waals surface area contributed by atoms with Gasteiger partial charge in [-0.25, -0.2) is 14.4 Å². The van der Waals surface area contributed by atoms with E-state index in [-0.39, 0.29) is 59.9 Å². The van der Waals surface area contributed by atoms with Crippen LogP contribution in [0, 0.1) is 5.92 Å². The fraction of sp³-hybridized carbons (Fsp3) is 0.400. The number of piperidine rings is 3. The molecule has 0 bridgehead atoms. The van der Waals surface area contributed by atoms with Crippen molar-refractivity contribution in [2.24, 2.45) is 5.92 Å². The van der Waals surface area contributed by atoms with E-state index in [1.807, 2.05) is 120 Å². The smallest absolute Gasteiger partial charge is 0.410 e. The van der Waals surface area contributed by atoms with Crippen LogP contribution in [0.3, 0.4) is 0 Å². The molecule has 10 aromatic rings. The number of H-pyrrole nitrogens is 1. The largest absolute Gasteiger partial charge is 0.444 e. The van der Waals surface area contributed by atoms with Crippen LogP contribution >= 0.6 is 58.8 Å². The molecule has 3 N–H and O–H groups in total. The minimum atomic E-state index is -0.548. The number of nitrogens with zero attached hydrogens (tertiary/aromatic N) is 13. The molecule has 3 fully saturated rings. The predicted octanol–water partition coefficient (Wildman–Crippen LogP) is 12.8. The average Bonchev–Trinajstić information content (AvgIpc) is 2.55. The highest BCUT2D eigenvalue weighted by molar-refractivity contribution is 6.35. The molecule has 3 amide bonds.